The van der Waals surface area contributed by atoms with Crippen molar-refractivity contribution in [2.45, 2.75) is 6.92 Å². The summed E-state index contributed by atoms with van der Waals surface area (Å²) in [4.78, 5) is 16.5. The first kappa shape index (κ1) is 17.4. The van der Waals surface area contributed by atoms with Crippen molar-refractivity contribution < 1.29 is 13.9 Å². The van der Waals surface area contributed by atoms with Gasteiger partial charge in [-0.3, -0.25) is 4.79 Å². The predicted molar refractivity (Wildman–Crippen MR) is 99.6 cm³/mol. The lowest BCUT2D eigenvalue weighted by Crippen LogP contribution is -2.14. The van der Waals surface area contributed by atoms with E-state index in [1.54, 1.807) is 43.5 Å². The molecule has 1 heterocycles. The normalized spacial score (nSPS) is 10.3. The van der Waals surface area contributed by atoms with Crippen molar-refractivity contribution in [2.75, 3.05) is 17.7 Å². The molecule has 0 saturated heterocycles. The number of carbonyl (C=O) groups is 1. The van der Waals surface area contributed by atoms with E-state index in [9.17, 15) is 9.18 Å². The molecule has 0 bridgehead atoms. The Kier molecular flexibility index (Phi) is 5.12. The molecule has 1 aromatic heterocycles. The van der Waals surface area contributed by atoms with Crippen LogP contribution in [-0.2, 0) is 0 Å². The van der Waals surface area contributed by atoms with E-state index in [1.807, 2.05) is 19.1 Å². The van der Waals surface area contributed by atoms with Gasteiger partial charge >= 0.3 is 0 Å². The Labute approximate surface area is 150 Å². The zero-order chi connectivity index (χ0) is 18.5. The van der Waals surface area contributed by atoms with Gasteiger partial charge in [-0.05, 0) is 48.9 Å². The van der Waals surface area contributed by atoms with Crippen molar-refractivity contribution in [2.24, 2.45) is 0 Å². The first-order chi connectivity index (χ1) is 12.6. The molecular formula is C20H18FN3O2. The number of anilines is 3. The van der Waals surface area contributed by atoms with Crippen LogP contribution in [0.4, 0.5) is 21.5 Å². The highest BCUT2D eigenvalue weighted by molar-refractivity contribution is 6.03. The molecule has 0 atom stereocenters. The molecule has 132 valence electrons. The van der Waals surface area contributed by atoms with E-state index >= 15 is 0 Å². The summed E-state index contributed by atoms with van der Waals surface area (Å²) in [5.41, 5.74) is 2.75. The van der Waals surface area contributed by atoms with Gasteiger partial charge in [-0.2, -0.15) is 0 Å². The molecule has 0 spiro atoms. The first-order valence-electron chi connectivity index (χ1n) is 8.00. The topological polar surface area (TPSA) is 63.2 Å². The summed E-state index contributed by atoms with van der Waals surface area (Å²) in [5, 5.41) is 5.71. The van der Waals surface area contributed by atoms with Gasteiger partial charge in [-0.15, -0.1) is 0 Å². The molecule has 6 heteroatoms. The van der Waals surface area contributed by atoms with Gasteiger partial charge in [0.25, 0.3) is 5.91 Å². The number of para-hydroxylation sites is 1. The Morgan fingerprint density at radius 1 is 1.08 bits per heavy atom. The summed E-state index contributed by atoms with van der Waals surface area (Å²) in [7, 11) is 1.54. The maximum Gasteiger partial charge on any atom is 0.274 e. The van der Waals surface area contributed by atoms with Crippen LogP contribution in [-0.4, -0.2) is 18.0 Å². The van der Waals surface area contributed by atoms with Crippen molar-refractivity contribution in [3.05, 3.63) is 77.9 Å². The molecule has 3 aromatic rings. The van der Waals surface area contributed by atoms with Crippen LogP contribution in [0.5, 0.6) is 5.75 Å². The van der Waals surface area contributed by atoms with Gasteiger partial charge in [-0.1, -0.05) is 18.2 Å². The number of methoxy groups -OCH3 is 1. The average molecular weight is 351 g/mol. The van der Waals surface area contributed by atoms with Crippen molar-refractivity contribution in [3.63, 3.8) is 0 Å². The second kappa shape index (κ2) is 7.65. The number of halogens is 1. The van der Waals surface area contributed by atoms with E-state index < -0.39 is 0 Å². The van der Waals surface area contributed by atoms with Crippen LogP contribution in [0.25, 0.3) is 0 Å². The predicted octanol–water partition coefficient (Wildman–Crippen LogP) is 4.53. The number of hydrogen-bond acceptors (Lipinski definition) is 4. The standard InChI is InChI=1S/C20H18FN3O2/c1-13-7-10-19(26-2)18(11-13)24-20(25)17-9-8-14(12-22-17)23-16-6-4-3-5-15(16)21/h3-12,23H,1-2H3,(H,24,25). The fourth-order valence-corrected chi connectivity index (χ4v) is 2.43. The molecule has 1 amide bonds. The summed E-state index contributed by atoms with van der Waals surface area (Å²) in [6.07, 6.45) is 1.48. The van der Waals surface area contributed by atoms with E-state index in [-0.39, 0.29) is 17.4 Å². The minimum absolute atomic E-state index is 0.243. The number of nitrogens with one attached hydrogen (secondary N) is 2. The molecule has 0 unspecified atom stereocenters. The maximum absolute atomic E-state index is 13.7. The van der Waals surface area contributed by atoms with Crippen molar-refractivity contribution in [1.29, 1.82) is 0 Å². The number of benzene rings is 2. The highest BCUT2D eigenvalue weighted by Gasteiger charge is 2.11. The van der Waals surface area contributed by atoms with E-state index in [1.165, 1.54) is 12.3 Å². The van der Waals surface area contributed by atoms with E-state index in [2.05, 4.69) is 15.6 Å². The van der Waals surface area contributed by atoms with Gasteiger partial charge in [0, 0.05) is 0 Å². The lowest BCUT2D eigenvalue weighted by Gasteiger charge is -2.11. The molecule has 0 fully saturated rings. The minimum Gasteiger partial charge on any atom is -0.495 e. The number of ether oxygens (including phenoxy) is 1. The molecule has 0 saturated carbocycles. The quantitative estimate of drug-likeness (QED) is 0.709. The second-order valence-electron chi connectivity index (χ2n) is 5.69. The average Bonchev–Trinajstić information content (AvgIpc) is 2.64. The van der Waals surface area contributed by atoms with Crippen LogP contribution in [0.1, 0.15) is 16.1 Å². The molecule has 0 radical (unpaired) electrons. The fraction of sp³-hybridized carbons (Fsp3) is 0.100. The smallest absolute Gasteiger partial charge is 0.274 e. The number of aromatic nitrogens is 1. The van der Waals surface area contributed by atoms with Gasteiger partial charge in [-0.25, -0.2) is 9.37 Å². The summed E-state index contributed by atoms with van der Waals surface area (Å²) < 4.78 is 18.9. The van der Waals surface area contributed by atoms with Gasteiger partial charge in [0.15, 0.2) is 0 Å². The number of carbonyl (C=O) groups excluding carboxylic acids is 1. The van der Waals surface area contributed by atoms with Gasteiger partial charge < -0.3 is 15.4 Å². The number of pyridine rings is 1. The first-order valence-corrected chi connectivity index (χ1v) is 8.00. The molecule has 3 rings (SSSR count). The summed E-state index contributed by atoms with van der Waals surface area (Å²) in [6.45, 7) is 1.93. The number of nitrogens with zero attached hydrogens (tertiary/aromatic N) is 1. The van der Waals surface area contributed by atoms with Gasteiger partial charge in [0.1, 0.15) is 17.3 Å². The number of amides is 1. The monoisotopic (exact) mass is 351 g/mol. The highest BCUT2D eigenvalue weighted by Crippen LogP contribution is 2.26. The number of hydrogen-bond donors (Lipinski definition) is 2. The largest absolute Gasteiger partial charge is 0.495 e. The molecule has 0 aliphatic carbocycles. The van der Waals surface area contributed by atoms with E-state index in [4.69, 9.17) is 4.74 Å². The Balaban J connectivity index is 1.73. The third-order valence-corrected chi connectivity index (χ3v) is 3.75. The molecule has 2 N–H and O–H groups in total. The summed E-state index contributed by atoms with van der Waals surface area (Å²) in [5.74, 6) is -0.144. The van der Waals surface area contributed by atoms with Gasteiger partial charge in [0.2, 0.25) is 0 Å². The zero-order valence-electron chi connectivity index (χ0n) is 14.4. The maximum atomic E-state index is 13.7. The lowest BCUT2D eigenvalue weighted by atomic mass is 10.2. The summed E-state index contributed by atoms with van der Waals surface area (Å²) >= 11 is 0. The Morgan fingerprint density at radius 2 is 1.88 bits per heavy atom. The van der Waals surface area contributed by atoms with Crippen molar-refractivity contribution in [1.82, 2.24) is 4.98 Å². The van der Waals surface area contributed by atoms with Crippen LogP contribution in [0.3, 0.4) is 0 Å². The Hall–Kier alpha value is -3.41. The number of aryl methyl sites for hydroxylation is 1. The minimum atomic E-state index is -0.360. The van der Waals surface area contributed by atoms with Crippen LogP contribution in [0, 0.1) is 12.7 Å². The van der Waals surface area contributed by atoms with Crippen molar-refractivity contribution >= 4 is 23.0 Å². The third-order valence-electron chi connectivity index (χ3n) is 3.75. The Morgan fingerprint density at radius 3 is 2.58 bits per heavy atom. The third kappa shape index (κ3) is 3.97. The molecule has 5 nitrogen and oxygen atoms in total. The van der Waals surface area contributed by atoms with Crippen LogP contribution >= 0.6 is 0 Å². The molecular weight excluding hydrogens is 333 g/mol. The summed E-state index contributed by atoms with van der Waals surface area (Å²) in [6, 6.07) is 15.1. The lowest BCUT2D eigenvalue weighted by molar-refractivity contribution is 0.102. The molecule has 26 heavy (non-hydrogen) atoms. The van der Waals surface area contributed by atoms with Crippen molar-refractivity contribution in [3.8, 4) is 5.75 Å². The molecule has 0 aliphatic rings. The molecule has 2 aromatic carbocycles. The van der Waals surface area contributed by atoms with Crippen LogP contribution in [0.2, 0.25) is 0 Å². The zero-order valence-corrected chi connectivity index (χ0v) is 14.4. The fourth-order valence-electron chi connectivity index (χ4n) is 2.43. The number of rotatable bonds is 5. The van der Waals surface area contributed by atoms with Crippen LogP contribution in [0.15, 0.2) is 60.8 Å². The highest BCUT2D eigenvalue weighted by atomic mass is 19.1. The van der Waals surface area contributed by atoms with E-state index in [0.717, 1.165) is 5.56 Å². The second-order valence-corrected chi connectivity index (χ2v) is 5.69. The van der Waals surface area contributed by atoms with E-state index in [0.29, 0.717) is 22.8 Å². The van der Waals surface area contributed by atoms with Gasteiger partial charge in [0.05, 0.1) is 30.4 Å². The molecule has 0 aliphatic heterocycles. The Bertz CT molecular complexity index is 927. The SMILES string of the molecule is COc1ccc(C)cc1NC(=O)c1ccc(Nc2ccccc2F)cn1. The van der Waals surface area contributed by atoms with Crippen LogP contribution < -0.4 is 15.4 Å².